The first-order valence-corrected chi connectivity index (χ1v) is 7.87. The Labute approximate surface area is 145 Å². The number of benzene rings is 2. The number of amides is 1. The Morgan fingerprint density at radius 1 is 1.08 bits per heavy atom. The number of aliphatic imine (C=N–C) groups is 1. The van der Waals surface area contributed by atoms with Crippen molar-refractivity contribution in [3.8, 4) is 11.5 Å². The highest BCUT2D eigenvalue weighted by Gasteiger charge is 2.13. The molecule has 0 saturated heterocycles. The van der Waals surface area contributed by atoms with Gasteiger partial charge in [0.1, 0.15) is 0 Å². The van der Waals surface area contributed by atoms with Gasteiger partial charge in [-0.15, -0.1) is 0 Å². The zero-order valence-electron chi connectivity index (χ0n) is 13.9. The maximum atomic E-state index is 11.2. The number of carbonyl (C=O) groups excluding carboxylic acids is 1. The van der Waals surface area contributed by atoms with Gasteiger partial charge in [0.25, 0.3) is 0 Å². The third-order valence-corrected chi connectivity index (χ3v) is 3.79. The van der Waals surface area contributed by atoms with Gasteiger partial charge in [0.2, 0.25) is 12.7 Å². The second-order valence-corrected chi connectivity index (χ2v) is 5.53. The molecule has 4 N–H and O–H groups in total. The maximum absolute atomic E-state index is 11.2. The molecule has 0 spiro atoms. The van der Waals surface area contributed by atoms with Crippen LogP contribution in [0.1, 0.15) is 21.5 Å². The summed E-state index contributed by atoms with van der Waals surface area (Å²) in [6.07, 6.45) is 0. The van der Waals surface area contributed by atoms with E-state index in [2.05, 4.69) is 15.6 Å². The Morgan fingerprint density at radius 3 is 2.52 bits per heavy atom. The van der Waals surface area contributed by atoms with Crippen molar-refractivity contribution < 1.29 is 14.3 Å². The highest BCUT2D eigenvalue weighted by molar-refractivity contribution is 5.92. The lowest BCUT2D eigenvalue weighted by atomic mass is 10.1. The summed E-state index contributed by atoms with van der Waals surface area (Å²) in [6.45, 7) is 1.39. The molecule has 2 aromatic carbocycles. The molecule has 2 aromatic rings. The Kier molecular flexibility index (Phi) is 5.03. The first kappa shape index (κ1) is 16.6. The molecule has 25 heavy (non-hydrogen) atoms. The van der Waals surface area contributed by atoms with Crippen LogP contribution in [0.2, 0.25) is 0 Å². The van der Waals surface area contributed by atoms with Crippen LogP contribution >= 0.6 is 0 Å². The lowest BCUT2D eigenvalue weighted by molar-refractivity contribution is 0.1000. The highest BCUT2D eigenvalue weighted by Crippen LogP contribution is 2.32. The van der Waals surface area contributed by atoms with E-state index in [4.69, 9.17) is 15.2 Å². The van der Waals surface area contributed by atoms with Gasteiger partial charge >= 0.3 is 0 Å². The van der Waals surface area contributed by atoms with Crippen molar-refractivity contribution in [3.63, 3.8) is 0 Å². The summed E-state index contributed by atoms with van der Waals surface area (Å²) in [7, 11) is 1.70. The number of primary amides is 1. The molecule has 0 bridgehead atoms. The lowest BCUT2D eigenvalue weighted by Gasteiger charge is -2.12. The van der Waals surface area contributed by atoms with Gasteiger partial charge in [-0.3, -0.25) is 9.79 Å². The molecule has 0 atom stereocenters. The third kappa shape index (κ3) is 4.20. The van der Waals surface area contributed by atoms with Crippen LogP contribution in [0.4, 0.5) is 0 Å². The number of carbonyl (C=O) groups is 1. The molecule has 0 saturated carbocycles. The Morgan fingerprint density at radius 2 is 1.80 bits per heavy atom. The molecule has 0 fully saturated rings. The molecule has 0 aromatic heterocycles. The number of nitrogens with two attached hydrogens (primary N) is 1. The third-order valence-electron chi connectivity index (χ3n) is 3.79. The van der Waals surface area contributed by atoms with Crippen LogP contribution < -0.4 is 25.8 Å². The smallest absolute Gasteiger partial charge is 0.248 e. The predicted octanol–water partition coefficient (Wildman–Crippen LogP) is 1.38. The van der Waals surface area contributed by atoms with Gasteiger partial charge in [-0.2, -0.15) is 0 Å². The minimum atomic E-state index is -0.438. The zero-order chi connectivity index (χ0) is 17.6. The average molecular weight is 340 g/mol. The van der Waals surface area contributed by atoms with Gasteiger partial charge < -0.3 is 25.8 Å². The van der Waals surface area contributed by atoms with Crippen LogP contribution in [-0.2, 0) is 13.1 Å². The van der Waals surface area contributed by atoms with Crippen LogP contribution in [0.3, 0.4) is 0 Å². The van der Waals surface area contributed by atoms with E-state index in [1.165, 1.54) is 0 Å². The molecule has 0 radical (unpaired) electrons. The molecule has 7 heteroatoms. The largest absolute Gasteiger partial charge is 0.454 e. The number of nitrogens with zero attached hydrogens (tertiary/aromatic N) is 1. The first-order valence-electron chi connectivity index (χ1n) is 7.87. The molecule has 0 unspecified atom stereocenters. The molecule has 3 rings (SSSR count). The van der Waals surface area contributed by atoms with E-state index in [1.54, 1.807) is 25.2 Å². The topological polar surface area (TPSA) is 98.0 Å². The molecule has 0 aliphatic carbocycles. The van der Waals surface area contributed by atoms with Crippen molar-refractivity contribution in [2.75, 3.05) is 13.8 Å². The summed E-state index contributed by atoms with van der Waals surface area (Å²) in [5.74, 6) is 1.74. The Bertz CT molecular complexity index is 805. The maximum Gasteiger partial charge on any atom is 0.248 e. The number of ether oxygens (including phenoxy) is 2. The summed E-state index contributed by atoms with van der Waals surface area (Å²) in [6, 6.07) is 13.0. The Balaban J connectivity index is 1.55. The molecule has 1 aliphatic rings. The van der Waals surface area contributed by atoms with Crippen molar-refractivity contribution >= 4 is 11.9 Å². The molecule has 7 nitrogen and oxygen atoms in total. The van der Waals surface area contributed by atoms with E-state index in [1.807, 2.05) is 24.3 Å². The molecule has 1 aliphatic heterocycles. The fraction of sp³-hybridized carbons (Fsp3) is 0.222. The lowest BCUT2D eigenvalue weighted by Crippen LogP contribution is -2.36. The molecular weight excluding hydrogens is 320 g/mol. The van der Waals surface area contributed by atoms with Crippen molar-refractivity contribution in [3.05, 3.63) is 59.2 Å². The summed E-state index contributed by atoms with van der Waals surface area (Å²) < 4.78 is 10.7. The first-order chi connectivity index (χ1) is 12.2. The normalized spacial score (nSPS) is 12.8. The van der Waals surface area contributed by atoms with Crippen LogP contribution in [0.15, 0.2) is 47.5 Å². The van der Waals surface area contributed by atoms with E-state index >= 15 is 0 Å². The number of fused-ring (bicyclic) bond motifs is 1. The molecule has 130 valence electrons. The predicted molar refractivity (Wildman–Crippen MR) is 94.6 cm³/mol. The minimum Gasteiger partial charge on any atom is -0.454 e. The Hall–Kier alpha value is -3.22. The monoisotopic (exact) mass is 340 g/mol. The van der Waals surface area contributed by atoms with E-state index < -0.39 is 5.91 Å². The molecule has 1 amide bonds. The van der Waals surface area contributed by atoms with Gasteiger partial charge in [-0.25, -0.2) is 0 Å². The molecular formula is C18H20N4O3. The van der Waals surface area contributed by atoms with Crippen molar-refractivity contribution in [2.45, 2.75) is 13.1 Å². The second-order valence-electron chi connectivity index (χ2n) is 5.53. The number of nitrogens with one attached hydrogen (secondary N) is 2. The fourth-order valence-corrected chi connectivity index (χ4v) is 2.48. The number of hydrogen-bond acceptors (Lipinski definition) is 4. The van der Waals surface area contributed by atoms with E-state index in [-0.39, 0.29) is 6.79 Å². The summed E-state index contributed by atoms with van der Waals surface area (Å²) >= 11 is 0. The van der Waals surface area contributed by atoms with Gasteiger partial charge in [-0.05, 0) is 35.4 Å². The van der Waals surface area contributed by atoms with Crippen molar-refractivity contribution in [1.29, 1.82) is 0 Å². The SMILES string of the molecule is CN=C(NCc1cccc(C(N)=O)c1)NCc1ccc2c(c1)OCO2. The fourth-order valence-electron chi connectivity index (χ4n) is 2.48. The summed E-state index contributed by atoms with van der Waals surface area (Å²) in [5.41, 5.74) is 7.79. The average Bonchev–Trinajstić information content (AvgIpc) is 3.10. The summed E-state index contributed by atoms with van der Waals surface area (Å²) in [4.78, 5) is 15.4. The van der Waals surface area contributed by atoms with Gasteiger partial charge in [0, 0.05) is 25.7 Å². The van der Waals surface area contributed by atoms with Gasteiger partial charge in [-0.1, -0.05) is 18.2 Å². The number of guanidine groups is 1. The summed E-state index contributed by atoms with van der Waals surface area (Å²) in [5, 5.41) is 6.44. The van der Waals surface area contributed by atoms with E-state index in [9.17, 15) is 4.79 Å². The minimum absolute atomic E-state index is 0.264. The van der Waals surface area contributed by atoms with Gasteiger partial charge in [0.05, 0.1) is 0 Å². The van der Waals surface area contributed by atoms with Crippen LogP contribution in [0.25, 0.3) is 0 Å². The molecule has 1 heterocycles. The second kappa shape index (κ2) is 7.57. The van der Waals surface area contributed by atoms with Crippen molar-refractivity contribution in [1.82, 2.24) is 10.6 Å². The number of hydrogen-bond donors (Lipinski definition) is 3. The van der Waals surface area contributed by atoms with Crippen molar-refractivity contribution in [2.24, 2.45) is 10.7 Å². The number of rotatable bonds is 5. The zero-order valence-corrected chi connectivity index (χ0v) is 13.9. The standard InChI is InChI=1S/C18H20N4O3/c1-20-18(21-9-12-3-2-4-14(7-12)17(19)23)22-10-13-5-6-15-16(8-13)25-11-24-15/h2-8H,9-11H2,1H3,(H2,19,23)(H2,20,21,22). The van der Waals surface area contributed by atoms with Crippen LogP contribution in [-0.4, -0.2) is 25.7 Å². The van der Waals surface area contributed by atoms with E-state index in [0.717, 1.165) is 22.6 Å². The van der Waals surface area contributed by atoms with E-state index in [0.29, 0.717) is 24.6 Å². The quantitative estimate of drug-likeness (QED) is 0.564. The van der Waals surface area contributed by atoms with Gasteiger partial charge in [0.15, 0.2) is 17.5 Å². The van der Waals surface area contributed by atoms with Crippen LogP contribution in [0, 0.1) is 0 Å². The van der Waals surface area contributed by atoms with Crippen LogP contribution in [0.5, 0.6) is 11.5 Å². The highest BCUT2D eigenvalue weighted by atomic mass is 16.7.